The molecule has 0 bridgehead atoms. The molecule has 0 aliphatic carbocycles. The summed E-state index contributed by atoms with van der Waals surface area (Å²) < 4.78 is 26.3. The van der Waals surface area contributed by atoms with Gasteiger partial charge in [0, 0.05) is 31.6 Å². The third-order valence-corrected chi connectivity index (χ3v) is 7.72. The van der Waals surface area contributed by atoms with Crippen LogP contribution in [0.3, 0.4) is 0 Å². The van der Waals surface area contributed by atoms with Gasteiger partial charge in [0.05, 0.1) is 22.0 Å². The number of halogens is 3. The third kappa shape index (κ3) is 8.00. The van der Waals surface area contributed by atoms with E-state index in [2.05, 4.69) is 5.32 Å². The molecule has 2 aromatic rings. The highest BCUT2D eigenvalue weighted by Gasteiger charge is 2.28. The lowest BCUT2D eigenvalue weighted by molar-refractivity contribution is -0.141. The molecule has 1 atom stereocenters. The van der Waals surface area contributed by atoms with Gasteiger partial charge >= 0.3 is 0 Å². The lowest BCUT2D eigenvalue weighted by Crippen LogP contribution is -2.48. The van der Waals surface area contributed by atoms with Crippen LogP contribution in [-0.4, -0.2) is 51.0 Å². The van der Waals surface area contributed by atoms with E-state index in [1.54, 1.807) is 43.3 Å². The Bertz CT molecular complexity index is 1170. The van der Waals surface area contributed by atoms with Crippen LogP contribution in [0.25, 0.3) is 0 Å². The second-order valence-electron chi connectivity index (χ2n) is 8.18. The third-order valence-electron chi connectivity index (χ3n) is 5.56. The molecule has 35 heavy (non-hydrogen) atoms. The van der Waals surface area contributed by atoms with E-state index in [9.17, 15) is 18.0 Å². The Balaban J connectivity index is 2.24. The van der Waals surface area contributed by atoms with Gasteiger partial charge in [-0.2, -0.15) is 0 Å². The molecule has 2 amide bonds. The van der Waals surface area contributed by atoms with Crippen LogP contribution in [0.2, 0.25) is 15.1 Å². The predicted molar refractivity (Wildman–Crippen MR) is 143 cm³/mol. The van der Waals surface area contributed by atoms with Gasteiger partial charge in [-0.3, -0.25) is 13.9 Å². The lowest BCUT2D eigenvalue weighted by atomic mass is 10.1. The van der Waals surface area contributed by atoms with Gasteiger partial charge in [-0.1, -0.05) is 53.9 Å². The molecule has 2 rings (SSSR count). The zero-order valence-electron chi connectivity index (χ0n) is 20.1. The number of aryl methyl sites for hydroxylation is 1. The number of benzene rings is 2. The maximum Gasteiger partial charge on any atom is 0.242 e. The average molecular weight is 563 g/mol. The number of nitrogens with one attached hydrogen (secondary N) is 1. The molecular formula is C24H30Cl3N3O4S. The quantitative estimate of drug-likeness (QED) is 0.415. The molecule has 0 saturated carbocycles. The fourth-order valence-corrected chi connectivity index (χ4v) is 5.26. The molecule has 0 aromatic heterocycles. The minimum Gasteiger partial charge on any atom is -0.357 e. The van der Waals surface area contributed by atoms with Crippen molar-refractivity contribution in [3.63, 3.8) is 0 Å². The predicted octanol–water partition coefficient (Wildman–Crippen LogP) is 5.05. The van der Waals surface area contributed by atoms with E-state index in [4.69, 9.17) is 34.8 Å². The number of hydrogen-bond acceptors (Lipinski definition) is 4. The molecule has 0 spiro atoms. The highest BCUT2D eigenvalue weighted by atomic mass is 35.5. The van der Waals surface area contributed by atoms with Crippen LogP contribution in [0.4, 0.5) is 5.69 Å². The second-order valence-corrected chi connectivity index (χ2v) is 11.3. The van der Waals surface area contributed by atoms with Crippen molar-refractivity contribution >= 4 is 62.3 Å². The van der Waals surface area contributed by atoms with E-state index >= 15 is 0 Å². The van der Waals surface area contributed by atoms with Crippen molar-refractivity contribution in [3.05, 3.63) is 62.6 Å². The Morgan fingerprint density at radius 1 is 1.06 bits per heavy atom. The van der Waals surface area contributed by atoms with E-state index < -0.39 is 16.1 Å². The van der Waals surface area contributed by atoms with E-state index in [0.29, 0.717) is 27.2 Å². The summed E-state index contributed by atoms with van der Waals surface area (Å²) in [5.41, 5.74) is 1.94. The van der Waals surface area contributed by atoms with Crippen LogP contribution < -0.4 is 9.62 Å². The summed E-state index contributed by atoms with van der Waals surface area (Å²) in [5.74, 6) is -0.559. The minimum absolute atomic E-state index is 0.0421. The molecule has 192 valence electrons. The van der Waals surface area contributed by atoms with Crippen molar-refractivity contribution in [2.45, 2.75) is 45.7 Å². The smallest absolute Gasteiger partial charge is 0.242 e. The summed E-state index contributed by atoms with van der Waals surface area (Å²) in [7, 11) is -2.09. The molecule has 0 heterocycles. The SMILES string of the molecule is CCC(C(=O)NC)N(Cc1ccc(Cl)c(Cl)c1)C(=O)CCCN(c1cc(Cl)ccc1C)S(C)(=O)=O. The van der Waals surface area contributed by atoms with E-state index in [1.807, 2.05) is 6.92 Å². The number of nitrogens with zero attached hydrogens (tertiary/aromatic N) is 2. The molecule has 0 saturated heterocycles. The summed E-state index contributed by atoms with van der Waals surface area (Å²) in [6, 6.07) is 9.38. The van der Waals surface area contributed by atoms with Crippen LogP contribution >= 0.6 is 34.8 Å². The highest BCUT2D eigenvalue weighted by Crippen LogP contribution is 2.27. The van der Waals surface area contributed by atoms with Crippen LogP contribution in [0.15, 0.2) is 36.4 Å². The summed E-state index contributed by atoms with van der Waals surface area (Å²) >= 11 is 18.2. The van der Waals surface area contributed by atoms with Crippen LogP contribution in [0.1, 0.15) is 37.3 Å². The van der Waals surface area contributed by atoms with Crippen LogP contribution in [-0.2, 0) is 26.2 Å². The maximum atomic E-state index is 13.3. The Kier molecular flexibility index (Phi) is 10.7. The van der Waals surface area contributed by atoms with Crippen molar-refractivity contribution in [2.75, 3.05) is 24.2 Å². The first-order chi connectivity index (χ1) is 16.4. The largest absolute Gasteiger partial charge is 0.357 e. The number of carbonyl (C=O) groups is 2. The van der Waals surface area contributed by atoms with Crippen molar-refractivity contribution in [1.29, 1.82) is 0 Å². The number of carbonyl (C=O) groups excluding carboxylic acids is 2. The fourth-order valence-electron chi connectivity index (χ4n) is 3.75. The molecular weight excluding hydrogens is 533 g/mol. The minimum atomic E-state index is -3.61. The fraction of sp³-hybridized carbons (Fsp3) is 0.417. The molecule has 1 unspecified atom stereocenters. The van der Waals surface area contributed by atoms with Gasteiger partial charge in [-0.15, -0.1) is 0 Å². The first-order valence-electron chi connectivity index (χ1n) is 11.1. The number of amides is 2. The Hall–Kier alpha value is -2.00. The Labute approximate surface area is 222 Å². The van der Waals surface area contributed by atoms with Gasteiger partial charge in [0.15, 0.2) is 0 Å². The van der Waals surface area contributed by atoms with Gasteiger partial charge in [0.25, 0.3) is 0 Å². The molecule has 1 N–H and O–H groups in total. The number of sulfonamides is 1. The first kappa shape index (κ1) is 29.2. The van der Waals surface area contributed by atoms with Crippen molar-refractivity contribution in [3.8, 4) is 0 Å². The monoisotopic (exact) mass is 561 g/mol. The Morgan fingerprint density at radius 2 is 1.74 bits per heavy atom. The topological polar surface area (TPSA) is 86.8 Å². The second kappa shape index (κ2) is 12.8. The van der Waals surface area contributed by atoms with Gasteiger partial charge in [-0.05, 0) is 55.2 Å². The van der Waals surface area contributed by atoms with Crippen LogP contribution in [0.5, 0.6) is 0 Å². The van der Waals surface area contributed by atoms with E-state index in [0.717, 1.165) is 17.4 Å². The summed E-state index contributed by atoms with van der Waals surface area (Å²) in [4.78, 5) is 27.3. The molecule has 0 aliphatic heterocycles. The molecule has 7 nitrogen and oxygen atoms in total. The van der Waals surface area contributed by atoms with Gasteiger partial charge in [-0.25, -0.2) is 8.42 Å². The molecule has 0 radical (unpaired) electrons. The standard InChI is InChI=1S/C24H30Cl3N3O4S/c1-5-21(24(32)28-3)29(15-17-9-11-19(26)20(27)13-17)23(31)7-6-12-30(35(4,33)34)22-14-18(25)10-8-16(22)2/h8-11,13-14,21H,5-7,12,15H2,1-4H3,(H,28,32). The van der Waals surface area contributed by atoms with E-state index in [1.165, 1.54) is 16.3 Å². The number of anilines is 1. The number of likely N-dealkylation sites (N-methyl/N-ethyl adjacent to an activating group) is 1. The summed E-state index contributed by atoms with van der Waals surface area (Å²) in [5, 5.41) is 3.77. The Morgan fingerprint density at radius 3 is 2.31 bits per heavy atom. The average Bonchev–Trinajstić information content (AvgIpc) is 2.79. The first-order valence-corrected chi connectivity index (χ1v) is 14.1. The van der Waals surface area contributed by atoms with Crippen molar-refractivity contribution in [1.82, 2.24) is 10.2 Å². The van der Waals surface area contributed by atoms with Crippen molar-refractivity contribution < 1.29 is 18.0 Å². The summed E-state index contributed by atoms with van der Waals surface area (Å²) in [6.45, 7) is 3.86. The van der Waals surface area contributed by atoms with Gasteiger partial charge < -0.3 is 10.2 Å². The van der Waals surface area contributed by atoms with E-state index in [-0.39, 0.29) is 37.7 Å². The molecule has 2 aromatic carbocycles. The zero-order chi connectivity index (χ0) is 26.3. The lowest BCUT2D eigenvalue weighted by Gasteiger charge is -2.31. The molecule has 0 fully saturated rings. The number of rotatable bonds is 11. The molecule has 11 heteroatoms. The summed E-state index contributed by atoms with van der Waals surface area (Å²) in [6.07, 6.45) is 1.81. The normalized spacial score (nSPS) is 12.2. The molecule has 0 aliphatic rings. The van der Waals surface area contributed by atoms with Gasteiger partial charge in [0.2, 0.25) is 21.8 Å². The van der Waals surface area contributed by atoms with Crippen LogP contribution in [0, 0.1) is 6.92 Å². The zero-order valence-corrected chi connectivity index (χ0v) is 23.2. The highest BCUT2D eigenvalue weighted by molar-refractivity contribution is 7.92. The van der Waals surface area contributed by atoms with Crippen molar-refractivity contribution in [2.24, 2.45) is 0 Å². The number of hydrogen-bond donors (Lipinski definition) is 1. The van der Waals surface area contributed by atoms with Gasteiger partial charge in [0.1, 0.15) is 6.04 Å². The maximum absolute atomic E-state index is 13.3.